The second-order valence-corrected chi connectivity index (χ2v) is 5.87. The fraction of sp³-hybridized carbons (Fsp3) is 0.562. The molecule has 0 aromatic heterocycles. The summed E-state index contributed by atoms with van der Waals surface area (Å²) in [4.78, 5) is 24.7. The van der Waals surface area contributed by atoms with Crippen LogP contribution in [0.2, 0.25) is 0 Å². The first-order valence-corrected chi connectivity index (χ1v) is 8.05. The molecule has 2 N–H and O–H groups in total. The fourth-order valence-electron chi connectivity index (χ4n) is 2.86. The first-order chi connectivity index (χ1) is 11.5. The van der Waals surface area contributed by atoms with Crippen molar-refractivity contribution in [2.75, 3.05) is 39.1 Å². The molecule has 1 aromatic carbocycles. The molecule has 1 unspecified atom stereocenters. The van der Waals surface area contributed by atoms with Gasteiger partial charge >= 0.3 is 0 Å². The number of piperidine rings is 1. The Morgan fingerprint density at radius 2 is 2.24 bits per heavy atom. The van der Waals surface area contributed by atoms with Gasteiger partial charge in [-0.3, -0.25) is 14.9 Å². The number of methoxy groups -OCH3 is 1. The minimum absolute atomic E-state index is 0. The molecule has 1 saturated heterocycles. The van der Waals surface area contributed by atoms with Crippen molar-refractivity contribution in [3.63, 3.8) is 0 Å². The molecule has 0 aliphatic carbocycles. The van der Waals surface area contributed by atoms with Crippen LogP contribution in [0.15, 0.2) is 18.2 Å². The molecule has 1 heterocycles. The average molecular weight is 373 g/mol. The highest BCUT2D eigenvalue weighted by Gasteiger charge is 2.19. The van der Waals surface area contributed by atoms with Gasteiger partial charge in [-0.1, -0.05) is 0 Å². The van der Waals surface area contributed by atoms with Crippen LogP contribution in [0, 0.1) is 10.1 Å². The molecule has 8 nitrogen and oxygen atoms in total. The third kappa shape index (κ3) is 6.15. The van der Waals surface area contributed by atoms with Crippen molar-refractivity contribution >= 4 is 29.7 Å². The number of likely N-dealkylation sites (tertiary alicyclic amines) is 1. The van der Waals surface area contributed by atoms with E-state index >= 15 is 0 Å². The molecule has 1 aliphatic rings. The maximum atomic E-state index is 12.2. The van der Waals surface area contributed by atoms with Crippen molar-refractivity contribution in [3.8, 4) is 5.75 Å². The van der Waals surface area contributed by atoms with Gasteiger partial charge in [0.15, 0.2) is 0 Å². The van der Waals surface area contributed by atoms with Crippen LogP contribution >= 0.6 is 12.4 Å². The summed E-state index contributed by atoms with van der Waals surface area (Å²) >= 11 is 0. The minimum atomic E-state index is -0.497. The summed E-state index contributed by atoms with van der Waals surface area (Å²) in [5.74, 6) is 0.152. The summed E-state index contributed by atoms with van der Waals surface area (Å²) in [7, 11) is 3.38. The Morgan fingerprint density at radius 1 is 1.48 bits per heavy atom. The van der Waals surface area contributed by atoms with Gasteiger partial charge in [-0.15, -0.1) is 12.4 Å². The van der Waals surface area contributed by atoms with Gasteiger partial charge < -0.3 is 20.3 Å². The summed E-state index contributed by atoms with van der Waals surface area (Å²) < 4.78 is 5.12. The Kier molecular flexibility index (Phi) is 8.60. The third-order valence-electron chi connectivity index (χ3n) is 4.24. The van der Waals surface area contributed by atoms with Crippen molar-refractivity contribution in [3.05, 3.63) is 28.3 Å². The average Bonchev–Trinajstić information content (AvgIpc) is 2.60. The summed E-state index contributed by atoms with van der Waals surface area (Å²) in [5, 5.41) is 16.8. The Morgan fingerprint density at radius 3 is 2.88 bits per heavy atom. The van der Waals surface area contributed by atoms with Crippen molar-refractivity contribution in [2.24, 2.45) is 0 Å². The van der Waals surface area contributed by atoms with Crippen molar-refractivity contribution in [1.82, 2.24) is 10.2 Å². The van der Waals surface area contributed by atoms with E-state index in [4.69, 9.17) is 4.74 Å². The Bertz CT molecular complexity index is 599. The van der Waals surface area contributed by atoms with Crippen molar-refractivity contribution in [1.29, 1.82) is 0 Å². The van der Waals surface area contributed by atoms with E-state index in [0.29, 0.717) is 24.7 Å². The van der Waals surface area contributed by atoms with E-state index in [1.807, 2.05) is 7.05 Å². The largest absolute Gasteiger partial charge is 0.494 e. The summed E-state index contributed by atoms with van der Waals surface area (Å²) in [6.07, 6.45) is 2.67. The number of amides is 1. The molecule has 1 atom stereocenters. The zero-order chi connectivity index (χ0) is 17.5. The van der Waals surface area contributed by atoms with Crippen LogP contribution in [-0.4, -0.2) is 55.6 Å². The van der Waals surface area contributed by atoms with Crippen LogP contribution in [0.1, 0.15) is 19.3 Å². The molecule has 0 spiro atoms. The molecule has 140 valence electrons. The lowest BCUT2D eigenvalue weighted by Crippen LogP contribution is -2.45. The van der Waals surface area contributed by atoms with Crippen LogP contribution < -0.4 is 15.4 Å². The maximum absolute atomic E-state index is 12.2. The number of hydrogen-bond donors (Lipinski definition) is 2. The molecule has 2 rings (SSSR count). The van der Waals surface area contributed by atoms with Gasteiger partial charge in [0.1, 0.15) is 5.75 Å². The number of nitrogens with one attached hydrogen (secondary N) is 2. The number of nitrogens with zero attached hydrogens (tertiary/aromatic N) is 2. The Balaban J connectivity index is 0.00000312. The molecular weight excluding hydrogens is 348 g/mol. The van der Waals surface area contributed by atoms with E-state index in [2.05, 4.69) is 15.5 Å². The van der Waals surface area contributed by atoms with Gasteiger partial charge in [0.05, 0.1) is 23.8 Å². The SMILES string of the molecule is CNC1CCCN(CCC(=O)Nc2ccc([N+](=O)[O-])cc2OC)C1.Cl. The number of benzene rings is 1. The first-order valence-electron chi connectivity index (χ1n) is 8.05. The monoisotopic (exact) mass is 372 g/mol. The fourth-order valence-corrected chi connectivity index (χ4v) is 2.86. The molecule has 9 heteroatoms. The number of carbonyl (C=O) groups excluding carboxylic acids is 1. The normalized spacial score (nSPS) is 17.4. The lowest BCUT2D eigenvalue weighted by atomic mass is 10.1. The second kappa shape index (κ2) is 10.2. The predicted molar refractivity (Wildman–Crippen MR) is 98.7 cm³/mol. The quantitative estimate of drug-likeness (QED) is 0.561. The second-order valence-electron chi connectivity index (χ2n) is 5.87. The number of halogens is 1. The van der Waals surface area contributed by atoms with Crippen LogP contribution in [0.25, 0.3) is 0 Å². The van der Waals surface area contributed by atoms with E-state index in [9.17, 15) is 14.9 Å². The molecule has 0 saturated carbocycles. The van der Waals surface area contributed by atoms with E-state index in [1.54, 1.807) is 0 Å². The molecule has 1 fully saturated rings. The molecular formula is C16H25ClN4O4. The predicted octanol–water partition coefficient (Wildman–Crippen LogP) is 2.04. The number of ether oxygens (including phenoxy) is 1. The Labute approximate surface area is 153 Å². The summed E-state index contributed by atoms with van der Waals surface area (Å²) in [5.41, 5.74) is 0.371. The number of non-ortho nitro benzene ring substituents is 1. The van der Waals surface area contributed by atoms with Gasteiger partial charge in [0.25, 0.3) is 5.69 Å². The first kappa shape index (κ1) is 21.1. The smallest absolute Gasteiger partial charge is 0.273 e. The molecule has 25 heavy (non-hydrogen) atoms. The zero-order valence-electron chi connectivity index (χ0n) is 14.5. The van der Waals surface area contributed by atoms with Gasteiger partial charge in [-0.2, -0.15) is 0 Å². The third-order valence-corrected chi connectivity index (χ3v) is 4.24. The van der Waals surface area contributed by atoms with Crippen LogP contribution in [0.5, 0.6) is 5.75 Å². The molecule has 0 radical (unpaired) electrons. The summed E-state index contributed by atoms with van der Waals surface area (Å²) in [6.45, 7) is 2.65. The van der Waals surface area contributed by atoms with E-state index in [0.717, 1.165) is 19.5 Å². The highest BCUT2D eigenvalue weighted by Crippen LogP contribution is 2.29. The molecule has 0 bridgehead atoms. The maximum Gasteiger partial charge on any atom is 0.273 e. The standard InChI is InChI=1S/C16H24N4O4.ClH/c1-17-12-4-3-8-19(11-12)9-7-16(21)18-14-6-5-13(20(22)23)10-15(14)24-2;/h5-6,10,12,17H,3-4,7-9,11H2,1-2H3,(H,18,21);1H. The lowest BCUT2D eigenvalue weighted by Gasteiger charge is -2.32. The van der Waals surface area contributed by atoms with Crippen molar-refractivity contribution < 1.29 is 14.5 Å². The number of likely N-dealkylation sites (N-methyl/N-ethyl adjacent to an activating group) is 1. The van der Waals surface area contributed by atoms with Gasteiger partial charge in [-0.25, -0.2) is 0 Å². The van der Waals surface area contributed by atoms with Crippen LogP contribution in [-0.2, 0) is 4.79 Å². The van der Waals surface area contributed by atoms with Gasteiger partial charge in [0.2, 0.25) is 5.91 Å². The zero-order valence-corrected chi connectivity index (χ0v) is 15.3. The highest BCUT2D eigenvalue weighted by molar-refractivity contribution is 5.92. The lowest BCUT2D eigenvalue weighted by molar-refractivity contribution is -0.384. The van der Waals surface area contributed by atoms with Crippen LogP contribution in [0.3, 0.4) is 0 Å². The van der Waals surface area contributed by atoms with E-state index in [1.165, 1.54) is 31.7 Å². The number of rotatable bonds is 7. The van der Waals surface area contributed by atoms with Gasteiger partial charge in [0, 0.05) is 31.6 Å². The van der Waals surface area contributed by atoms with Crippen LogP contribution in [0.4, 0.5) is 11.4 Å². The number of carbonyl (C=O) groups is 1. The molecule has 1 aromatic rings. The van der Waals surface area contributed by atoms with E-state index in [-0.39, 0.29) is 29.8 Å². The number of nitro benzene ring substituents is 1. The minimum Gasteiger partial charge on any atom is -0.494 e. The van der Waals surface area contributed by atoms with E-state index < -0.39 is 4.92 Å². The topological polar surface area (TPSA) is 96.7 Å². The molecule has 1 amide bonds. The summed E-state index contributed by atoms with van der Waals surface area (Å²) in [6, 6.07) is 4.63. The van der Waals surface area contributed by atoms with Gasteiger partial charge in [-0.05, 0) is 32.5 Å². The Hall–Kier alpha value is -1.90. The number of hydrogen-bond acceptors (Lipinski definition) is 6. The highest BCUT2D eigenvalue weighted by atomic mass is 35.5. The number of nitro groups is 1. The van der Waals surface area contributed by atoms with Crippen molar-refractivity contribution in [2.45, 2.75) is 25.3 Å². The molecule has 1 aliphatic heterocycles. The number of anilines is 1.